The van der Waals surface area contributed by atoms with E-state index in [1.807, 2.05) is 6.92 Å². The number of carbonyl (C=O) groups is 1. The summed E-state index contributed by atoms with van der Waals surface area (Å²) >= 11 is 5.90. The van der Waals surface area contributed by atoms with Crippen molar-refractivity contribution in [2.45, 2.75) is 13.5 Å². The maximum Gasteiger partial charge on any atom is 0.337 e. The van der Waals surface area contributed by atoms with Crippen LogP contribution in [0.25, 0.3) is 11.3 Å². The third-order valence-electron chi connectivity index (χ3n) is 4.11. The highest BCUT2D eigenvalue weighted by Crippen LogP contribution is 2.27. The van der Waals surface area contributed by atoms with Gasteiger partial charge in [0.05, 0.1) is 23.4 Å². The SMILES string of the molecule is COCc1cc(C)nc(NN=Cc2ccc(-c3ccc(Cl)c(C(=O)O)c3)o2)c1C#N. The first-order chi connectivity index (χ1) is 14.4. The summed E-state index contributed by atoms with van der Waals surface area (Å²) in [4.78, 5) is 15.6. The number of ether oxygens (including phenoxy) is 1. The second-order valence-electron chi connectivity index (χ2n) is 6.26. The van der Waals surface area contributed by atoms with E-state index < -0.39 is 5.97 Å². The molecule has 0 aliphatic rings. The van der Waals surface area contributed by atoms with E-state index in [0.29, 0.717) is 34.0 Å². The number of aromatic carboxylic acids is 1. The van der Waals surface area contributed by atoms with Crippen LogP contribution in [0.4, 0.5) is 5.82 Å². The van der Waals surface area contributed by atoms with Crippen LogP contribution >= 0.6 is 11.6 Å². The molecular weight excluding hydrogens is 408 g/mol. The molecule has 2 aromatic heterocycles. The maximum atomic E-state index is 11.2. The van der Waals surface area contributed by atoms with Gasteiger partial charge in [-0.2, -0.15) is 10.4 Å². The van der Waals surface area contributed by atoms with Gasteiger partial charge in [-0.15, -0.1) is 0 Å². The predicted molar refractivity (Wildman–Crippen MR) is 112 cm³/mol. The molecule has 0 aliphatic carbocycles. The molecular formula is C21H17ClN4O4. The molecule has 3 rings (SSSR count). The van der Waals surface area contributed by atoms with Crippen molar-refractivity contribution in [1.82, 2.24) is 4.98 Å². The number of halogens is 1. The van der Waals surface area contributed by atoms with Gasteiger partial charge in [0.25, 0.3) is 0 Å². The lowest BCUT2D eigenvalue weighted by atomic mass is 10.1. The quantitative estimate of drug-likeness (QED) is 0.424. The smallest absolute Gasteiger partial charge is 0.337 e. The molecule has 0 bridgehead atoms. The van der Waals surface area contributed by atoms with E-state index >= 15 is 0 Å². The molecule has 0 atom stereocenters. The van der Waals surface area contributed by atoms with Gasteiger partial charge < -0.3 is 14.3 Å². The van der Waals surface area contributed by atoms with Crippen molar-refractivity contribution in [1.29, 1.82) is 5.26 Å². The van der Waals surface area contributed by atoms with Crippen molar-refractivity contribution in [3.63, 3.8) is 0 Å². The Morgan fingerprint density at radius 3 is 2.90 bits per heavy atom. The summed E-state index contributed by atoms with van der Waals surface area (Å²) in [5.41, 5.74) is 5.10. The summed E-state index contributed by atoms with van der Waals surface area (Å²) in [6, 6.07) is 11.9. The van der Waals surface area contributed by atoms with Crippen LogP contribution in [0.3, 0.4) is 0 Å². The van der Waals surface area contributed by atoms with E-state index in [1.165, 1.54) is 18.3 Å². The second-order valence-corrected chi connectivity index (χ2v) is 6.67. The molecule has 0 saturated carbocycles. The molecule has 9 heteroatoms. The third-order valence-corrected chi connectivity index (χ3v) is 4.44. The molecule has 0 fully saturated rings. The summed E-state index contributed by atoms with van der Waals surface area (Å²) < 4.78 is 10.8. The van der Waals surface area contributed by atoms with Gasteiger partial charge in [-0.05, 0) is 43.3 Å². The number of nitrogens with one attached hydrogen (secondary N) is 1. The number of hydrogen-bond donors (Lipinski definition) is 2. The third kappa shape index (κ3) is 4.66. The Hall–Kier alpha value is -3.67. The maximum absolute atomic E-state index is 11.2. The number of pyridine rings is 1. The number of nitrogens with zero attached hydrogens (tertiary/aromatic N) is 3. The Balaban J connectivity index is 1.80. The fraction of sp³-hybridized carbons (Fsp3) is 0.143. The Kier molecular flexibility index (Phi) is 6.47. The fourth-order valence-electron chi connectivity index (χ4n) is 2.79. The lowest BCUT2D eigenvalue weighted by Crippen LogP contribution is -2.03. The standard InChI is InChI=1S/C21H17ClN4O4/c1-12-7-14(11-29-2)17(9-23)20(25-12)26-24-10-15-4-6-19(30-15)13-3-5-18(22)16(8-13)21(27)28/h3-8,10H,11H2,1-2H3,(H,25,26)(H,27,28). The van der Waals surface area contributed by atoms with Gasteiger partial charge in [0.1, 0.15) is 23.2 Å². The van der Waals surface area contributed by atoms with Crippen LogP contribution in [0.5, 0.6) is 0 Å². The molecule has 152 valence electrons. The van der Waals surface area contributed by atoms with Crippen LogP contribution in [0.15, 0.2) is 45.9 Å². The second kappa shape index (κ2) is 9.22. The molecule has 2 heterocycles. The number of hydrogen-bond acceptors (Lipinski definition) is 7. The number of nitriles is 1. The van der Waals surface area contributed by atoms with Crippen LogP contribution in [-0.2, 0) is 11.3 Å². The van der Waals surface area contributed by atoms with Crippen LogP contribution in [-0.4, -0.2) is 29.4 Å². The number of aromatic nitrogens is 1. The van der Waals surface area contributed by atoms with E-state index in [2.05, 4.69) is 21.6 Å². The Bertz CT molecular complexity index is 1160. The Labute approximate surface area is 177 Å². The highest BCUT2D eigenvalue weighted by Gasteiger charge is 2.13. The lowest BCUT2D eigenvalue weighted by Gasteiger charge is -2.08. The van der Waals surface area contributed by atoms with Gasteiger partial charge in [0.2, 0.25) is 0 Å². The highest BCUT2D eigenvalue weighted by molar-refractivity contribution is 6.33. The van der Waals surface area contributed by atoms with E-state index in [4.69, 9.17) is 20.8 Å². The summed E-state index contributed by atoms with van der Waals surface area (Å²) in [5.74, 6) is 0.0829. The van der Waals surface area contributed by atoms with Gasteiger partial charge in [-0.3, -0.25) is 5.43 Å². The van der Waals surface area contributed by atoms with Crippen molar-refractivity contribution >= 4 is 29.6 Å². The number of furan rings is 1. The fourth-order valence-corrected chi connectivity index (χ4v) is 2.99. The van der Waals surface area contributed by atoms with Crippen LogP contribution in [0.1, 0.15) is 32.9 Å². The van der Waals surface area contributed by atoms with Gasteiger partial charge in [-0.1, -0.05) is 11.6 Å². The zero-order valence-electron chi connectivity index (χ0n) is 16.1. The van der Waals surface area contributed by atoms with E-state index in [1.54, 1.807) is 31.4 Å². The predicted octanol–water partition coefficient (Wildman–Crippen LogP) is 4.47. The molecule has 30 heavy (non-hydrogen) atoms. The molecule has 0 unspecified atom stereocenters. The van der Waals surface area contributed by atoms with Crippen LogP contribution in [0.2, 0.25) is 5.02 Å². The average molecular weight is 425 g/mol. The number of methoxy groups -OCH3 is 1. The first kappa shape index (κ1) is 21.0. The number of carboxylic acid groups (broad SMARTS) is 1. The minimum Gasteiger partial charge on any atom is -0.478 e. The zero-order valence-corrected chi connectivity index (χ0v) is 16.9. The molecule has 0 amide bonds. The van der Waals surface area contributed by atoms with Crippen LogP contribution < -0.4 is 5.43 Å². The first-order valence-electron chi connectivity index (χ1n) is 8.74. The molecule has 0 spiro atoms. The van der Waals surface area contributed by atoms with Crippen molar-refractivity contribution in [3.8, 4) is 17.4 Å². The number of benzene rings is 1. The number of carboxylic acids is 1. The highest BCUT2D eigenvalue weighted by atomic mass is 35.5. The molecule has 2 N–H and O–H groups in total. The lowest BCUT2D eigenvalue weighted by molar-refractivity contribution is 0.0697. The normalized spacial score (nSPS) is 10.9. The number of hydrazone groups is 1. The molecule has 1 aromatic carbocycles. The van der Waals surface area contributed by atoms with Gasteiger partial charge in [-0.25, -0.2) is 9.78 Å². The van der Waals surface area contributed by atoms with E-state index in [-0.39, 0.29) is 17.2 Å². The topological polar surface area (TPSA) is 121 Å². The Morgan fingerprint density at radius 1 is 1.40 bits per heavy atom. The summed E-state index contributed by atoms with van der Waals surface area (Å²) in [6.07, 6.45) is 1.43. The number of aryl methyl sites for hydroxylation is 1. The van der Waals surface area contributed by atoms with Crippen LogP contribution in [0, 0.1) is 18.3 Å². The molecule has 3 aromatic rings. The first-order valence-corrected chi connectivity index (χ1v) is 9.12. The zero-order chi connectivity index (χ0) is 21.7. The number of anilines is 1. The minimum atomic E-state index is -1.12. The minimum absolute atomic E-state index is 0.0103. The van der Waals surface area contributed by atoms with Crippen molar-refractivity contribution < 1.29 is 19.1 Å². The summed E-state index contributed by atoms with van der Waals surface area (Å²) in [7, 11) is 1.55. The molecule has 0 aliphatic heterocycles. The Morgan fingerprint density at radius 2 is 2.20 bits per heavy atom. The number of rotatable bonds is 7. The largest absolute Gasteiger partial charge is 0.478 e. The summed E-state index contributed by atoms with van der Waals surface area (Å²) in [6.45, 7) is 2.09. The summed E-state index contributed by atoms with van der Waals surface area (Å²) in [5, 5.41) is 22.9. The van der Waals surface area contributed by atoms with Crippen molar-refractivity contribution in [2.75, 3.05) is 12.5 Å². The van der Waals surface area contributed by atoms with Crippen molar-refractivity contribution in [2.24, 2.45) is 5.10 Å². The van der Waals surface area contributed by atoms with Crippen molar-refractivity contribution in [3.05, 3.63) is 69.6 Å². The van der Waals surface area contributed by atoms with E-state index in [9.17, 15) is 15.2 Å². The van der Waals surface area contributed by atoms with E-state index in [0.717, 1.165) is 5.69 Å². The van der Waals surface area contributed by atoms with Gasteiger partial charge in [0.15, 0.2) is 5.82 Å². The van der Waals surface area contributed by atoms with Gasteiger partial charge >= 0.3 is 5.97 Å². The average Bonchev–Trinajstić information content (AvgIpc) is 3.17. The molecule has 8 nitrogen and oxygen atoms in total. The molecule has 0 radical (unpaired) electrons. The monoisotopic (exact) mass is 424 g/mol. The molecule has 0 saturated heterocycles. The van der Waals surface area contributed by atoms with Gasteiger partial charge in [0, 0.05) is 23.9 Å².